The first kappa shape index (κ1) is 21.7. The molecule has 7 heteroatoms. The van der Waals surface area contributed by atoms with Crippen LogP contribution in [-0.4, -0.2) is 30.7 Å². The summed E-state index contributed by atoms with van der Waals surface area (Å²) in [6.45, 7) is 1.32. The molecule has 0 saturated heterocycles. The molecule has 4 rings (SSSR count). The maximum absolute atomic E-state index is 6.09. The van der Waals surface area contributed by atoms with Crippen LogP contribution in [0.3, 0.4) is 0 Å². The molecule has 0 unspecified atom stereocenters. The summed E-state index contributed by atoms with van der Waals surface area (Å²) in [5, 5.41) is 8.37. The molecule has 0 saturated carbocycles. The summed E-state index contributed by atoms with van der Waals surface area (Å²) in [6, 6.07) is 21.8. The van der Waals surface area contributed by atoms with Gasteiger partial charge in [0.05, 0.1) is 19.7 Å². The molecule has 32 heavy (non-hydrogen) atoms. The molecule has 6 nitrogen and oxygen atoms in total. The number of halogens is 1. The lowest BCUT2D eigenvalue weighted by Gasteiger charge is -2.14. The smallest absolute Gasteiger partial charge is 0.225 e. The fraction of sp³-hybridized carbons (Fsp3) is 0.200. The van der Waals surface area contributed by atoms with Gasteiger partial charge in [-0.1, -0.05) is 54.1 Å². The van der Waals surface area contributed by atoms with Gasteiger partial charge in [-0.2, -0.15) is 4.98 Å². The van der Waals surface area contributed by atoms with Crippen LogP contribution < -0.4 is 20.1 Å². The summed E-state index contributed by atoms with van der Waals surface area (Å²) in [5.74, 6) is 2.53. The summed E-state index contributed by atoms with van der Waals surface area (Å²) in [6.07, 6.45) is 0.806. The number of ether oxygens (including phenoxy) is 2. The Bertz CT molecular complexity index is 1200. The Morgan fingerprint density at radius 3 is 2.31 bits per heavy atom. The third kappa shape index (κ3) is 5.21. The first-order valence-corrected chi connectivity index (χ1v) is 10.7. The summed E-state index contributed by atoms with van der Waals surface area (Å²) in [5.41, 5.74) is 3.08. The SMILES string of the molecule is COc1cc2nc(NCCc3cccc(Cl)c3)nc(NCc3ccccc3)c2cc1OC. The number of hydrogen-bond acceptors (Lipinski definition) is 6. The molecule has 1 heterocycles. The first-order valence-electron chi connectivity index (χ1n) is 10.4. The third-order valence-electron chi connectivity index (χ3n) is 5.09. The lowest BCUT2D eigenvalue weighted by molar-refractivity contribution is 0.356. The van der Waals surface area contributed by atoms with Gasteiger partial charge in [0, 0.05) is 29.6 Å². The monoisotopic (exact) mass is 448 g/mol. The van der Waals surface area contributed by atoms with E-state index < -0.39 is 0 Å². The summed E-state index contributed by atoms with van der Waals surface area (Å²) < 4.78 is 10.9. The van der Waals surface area contributed by atoms with Crippen LogP contribution in [0.15, 0.2) is 66.7 Å². The maximum atomic E-state index is 6.09. The van der Waals surface area contributed by atoms with Crippen LogP contribution in [-0.2, 0) is 13.0 Å². The normalized spacial score (nSPS) is 10.7. The van der Waals surface area contributed by atoms with Gasteiger partial charge in [0.1, 0.15) is 5.82 Å². The highest BCUT2D eigenvalue weighted by Gasteiger charge is 2.13. The Morgan fingerprint density at radius 2 is 1.56 bits per heavy atom. The number of anilines is 2. The number of aromatic nitrogens is 2. The van der Waals surface area contributed by atoms with Crippen molar-refractivity contribution in [3.63, 3.8) is 0 Å². The molecule has 0 spiro atoms. The van der Waals surface area contributed by atoms with Gasteiger partial charge in [0.2, 0.25) is 5.95 Å². The van der Waals surface area contributed by atoms with Gasteiger partial charge in [-0.3, -0.25) is 0 Å². The van der Waals surface area contributed by atoms with Crippen molar-refractivity contribution in [1.82, 2.24) is 9.97 Å². The van der Waals surface area contributed by atoms with Crippen molar-refractivity contribution in [1.29, 1.82) is 0 Å². The number of fused-ring (bicyclic) bond motifs is 1. The molecule has 0 amide bonds. The molecule has 0 fully saturated rings. The van der Waals surface area contributed by atoms with Crippen molar-refractivity contribution in [2.45, 2.75) is 13.0 Å². The van der Waals surface area contributed by atoms with Crippen molar-refractivity contribution < 1.29 is 9.47 Å². The molecule has 0 aliphatic carbocycles. The quantitative estimate of drug-likeness (QED) is 0.349. The molecular weight excluding hydrogens is 424 g/mol. The van der Waals surface area contributed by atoms with E-state index in [0.29, 0.717) is 30.5 Å². The highest BCUT2D eigenvalue weighted by Crippen LogP contribution is 2.34. The van der Waals surface area contributed by atoms with Gasteiger partial charge < -0.3 is 20.1 Å². The number of nitrogens with one attached hydrogen (secondary N) is 2. The second kappa shape index (κ2) is 10.2. The van der Waals surface area contributed by atoms with E-state index in [9.17, 15) is 0 Å². The number of benzene rings is 3. The maximum Gasteiger partial charge on any atom is 0.225 e. The Labute approximate surface area is 192 Å². The van der Waals surface area contributed by atoms with Crippen LogP contribution in [0.2, 0.25) is 5.02 Å². The van der Waals surface area contributed by atoms with E-state index in [2.05, 4.69) is 28.8 Å². The van der Waals surface area contributed by atoms with Gasteiger partial charge >= 0.3 is 0 Å². The van der Waals surface area contributed by atoms with E-state index in [1.54, 1.807) is 14.2 Å². The number of nitrogens with zero attached hydrogens (tertiary/aromatic N) is 2. The van der Waals surface area contributed by atoms with E-state index in [4.69, 9.17) is 31.0 Å². The van der Waals surface area contributed by atoms with Crippen LogP contribution in [0.4, 0.5) is 11.8 Å². The van der Waals surface area contributed by atoms with Crippen molar-refractivity contribution in [3.8, 4) is 11.5 Å². The number of methoxy groups -OCH3 is 2. The van der Waals surface area contributed by atoms with Crippen LogP contribution in [0, 0.1) is 0 Å². The van der Waals surface area contributed by atoms with Gasteiger partial charge in [-0.05, 0) is 35.7 Å². The predicted octanol–water partition coefficient (Wildman–Crippen LogP) is 5.57. The van der Waals surface area contributed by atoms with E-state index in [-0.39, 0.29) is 0 Å². The standard InChI is InChI=1S/C25H25ClN4O2/c1-31-22-14-20-21(15-23(22)32-2)29-25(27-12-11-17-9-6-10-19(26)13-17)30-24(20)28-16-18-7-4-3-5-8-18/h3-10,13-15H,11-12,16H2,1-2H3,(H2,27,28,29,30). The number of rotatable bonds is 9. The van der Waals surface area contributed by atoms with Crippen molar-refractivity contribution in [2.24, 2.45) is 0 Å². The molecule has 1 aromatic heterocycles. The van der Waals surface area contributed by atoms with Gasteiger partial charge in [0.25, 0.3) is 0 Å². The zero-order valence-electron chi connectivity index (χ0n) is 18.1. The van der Waals surface area contributed by atoms with Gasteiger partial charge in [-0.15, -0.1) is 0 Å². The third-order valence-corrected chi connectivity index (χ3v) is 5.32. The number of hydrogen-bond donors (Lipinski definition) is 2. The molecule has 0 aliphatic rings. The topological polar surface area (TPSA) is 68.3 Å². The largest absolute Gasteiger partial charge is 0.493 e. The minimum absolute atomic E-state index is 0.544. The minimum Gasteiger partial charge on any atom is -0.493 e. The van der Waals surface area contributed by atoms with Crippen molar-refractivity contribution >= 4 is 34.3 Å². The highest BCUT2D eigenvalue weighted by molar-refractivity contribution is 6.30. The first-order chi connectivity index (χ1) is 15.7. The summed E-state index contributed by atoms with van der Waals surface area (Å²) >= 11 is 6.09. The van der Waals surface area contributed by atoms with E-state index in [1.165, 1.54) is 0 Å². The van der Waals surface area contributed by atoms with Crippen molar-refractivity contribution in [2.75, 3.05) is 31.4 Å². The van der Waals surface area contributed by atoms with Crippen molar-refractivity contribution in [3.05, 3.63) is 82.9 Å². The fourth-order valence-electron chi connectivity index (χ4n) is 3.46. The van der Waals surface area contributed by atoms with Crippen LogP contribution >= 0.6 is 11.6 Å². The van der Waals surface area contributed by atoms with E-state index >= 15 is 0 Å². The van der Waals surface area contributed by atoms with Crippen LogP contribution in [0.25, 0.3) is 10.9 Å². The van der Waals surface area contributed by atoms with Crippen LogP contribution in [0.5, 0.6) is 11.5 Å². The average molecular weight is 449 g/mol. The zero-order chi connectivity index (χ0) is 22.3. The molecule has 0 atom stereocenters. The zero-order valence-corrected chi connectivity index (χ0v) is 18.8. The van der Waals surface area contributed by atoms with Gasteiger partial charge in [0.15, 0.2) is 11.5 Å². The highest BCUT2D eigenvalue weighted by atomic mass is 35.5. The molecule has 3 aromatic carbocycles. The second-order valence-electron chi connectivity index (χ2n) is 7.27. The Kier molecular flexibility index (Phi) is 6.92. The minimum atomic E-state index is 0.544. The fourth-order valence-corrected chi connectivity index (χ4v) is 3.68. The van der Waals surface area contributed by atoms with Gasteiger partial charge in [-0.25, -0.2) is 4.98 Å². The Morgan fingerprint density at radius 1 is 0.812 bits per heavy atom. The van der Waals surface area contributed by atoms with E-state index in [0.717, 1.165) is 39.3 Å². The molecule has 2 N–H and O–H groups in total. The molecule has 0 radical (unpaired) electrons. The molecule has 0 aliphatic heterocycles. The predicted molar refractivity (Wildman–Crippen MR) is 130 cm³/mol. The molecule has 4 aromatic rings. The Hall–Kier alpha value is -3.51. The van der Waals surface area contributed by atoms with Crippen LogP contribution in [0.1, 0.15) is 11.1 Å². The molecular formula is C25H25ClN4O2. The lowest BCUT2D eigenvalue weighted by Crippen LogP contribution is -2.10. The summed E-state index contributed by atoms with van der Waals surface area (Å²) in [4.78, 5) is 9.44. The molecule has 164 valence electrons. The average Bonchev–Trinajstić information content (AvgIpc) is 2.82. The van der Waals surface area contributed by atoms with E-state index in [1.807, 2.05) is 48.5 Å². The lowest BCUT2D eigenvalue weighted by atomic mass is 10.1. The molecule has 0 bridgehead atoms. The Balaban J connectivity index is 1.61. The second-order valence-corrected chi connectivity index (χ2v) is 7.70. The summed E-state index contributed by atoms with van der Waals surface area (Å²) in [7, 11) is 3.23.